The van der Waals surface area contributed by atoms with Gasteiger partial charge in [-0.05, 0) is 66.9 Å². The first-order valence-electron chi connectivity index (χ1n) is 11.4. The number of carbonyl (C=O) groups excluding carboxylic acids is 1. The van der Waals surface area contributed by atoms with Crippen molar-refractivity contribution < 1.29 is 14.3 Å². The second-order valence-electron chi connectivity index (χ2n) is 8.45. The predicted molar refractivity (Wildman–Crippen MR) is 128 cm³/mol. The minimum atomic E-state index is -0.0211. The zero-order chi connectivity index (χ0) is 23.0. The Balaban J connectivity index is 1.26. The Kier molecular flexibility index (Phi) is 7.58. The first-order valence-corrected chi connectivity index (χ1v) is 11.4. The molecule has 172 valence electrons. The van der Waals surface area contributed by atoms with E-state index in [1.54, 1.807) is 12.0 Å². The lowest BCUT2D eigenvalue weighted by atomic mass is 10.1. The Morgan fingerprint density at radius 1 is 1.03 bits per heavy atom. The van der Waals surface area contributed by atoms with Crippen LogP contribution in [0.4, 0.5) is 0 Å². The third-order valence-electron chi connectivity index (χ3n) is 5.95. The number of nitrogens with zero attached hydrogens (tertiary/aromatic N) is 3. The van der Waals surface area contributed by atoms with Crippen LogP contribution in [0.5, 0.6) is 11.5 Å². The van der Waals surface area contributed by atoms with Gasteiger partial charge in [0.15, 0.2) is 0 Å². The summed E-state index contributed by atoms with van der Waals surface area (Å²) in [5, 5.41) is 0. The Labute approximate surface area is 195 Å². The molecule has 2 heterocycles. The van der Waals surface area contributed by atoms with Crippen LogP contribution >= 0.6 is 0 Å². The van der Waals surface area contributed by atoms with Gasteiger partial charge < -0.3 is 14.4 Å². The number of aromatic nitrogens is 1. The third-order valence-corrected chi connectivity index (χ3v) is 5.95. The van der Waals surface area contributed by atoms with Gasteiger partial charge in [-0.1, -0.05) is 18.2 Å². The van der Waals surface area contributed by atoms with Crippen LogP contribution < -0.4 is 9.47 Å². The Bertz CT molecular complexity index is 1030. The van der Waals surface area contributed by atoms with E-state index in [9.17, 15) is 4.79 Å². The SMILES string of the molecule is COc1cccc(CN(C)C(=O)c2ccc(OC3CCN(Cc4ccccn4)CC3)cc2)c1. The predicted octanol–water partition coefficient (Wildman–Crippen LogP) is 4.41. The zero-order valence-corrected chi connectivity index (χ0v) is 19.3. The summed E-state index contributed by atoms with van der Waals surface area (Å²) in [5.41, 5.74) is 2.78. The van der Waals surface area contributed by atoms with Gasteiger partial charge in [0.25, 0.3) is 5.91 Å². The summed E-state index contributed by atoms with van der Waals surface area (Å²) in [4.78, 5) is 21.4. The molecule has 6 nitrogen and oxygen atoms in total. The maximum atomic E-state index is 12.8. The van der Waals surface area contributed by atoms with Gasteiger partial charge in [-0.15, -0.1) is 0 Å². The summed E-state index contributed by atoms with van der Waals surface area (Å²) >= 11 is 0. The Morgan fingerprint density at radius 2 is 1.82 bits per heavy atom. The van der Waals surface area contributed by atoms with Crippen LogP contribution in [0.1, 0.15) is 34.5 Å². The molecule has 4 rings (SSSR count). The van der Waals surface area contributed by atoms with Crippen molar-refractivity contribution in [3.8, 4) is 11.5 Å². The number of rotatable bonds is 8. The standard InChI is InChI=1S/C27H31N3O3/c1-29(19-21-6-5-8-26(18-21)32-2)27(31)22-9-11-24(12-10-22)33-25-13-16-30(17-14-25)20-23-7-3-4-15-28-23/h3-12,15,18,25H,13-14,16-17,19-20H2,1-2H3. The highest BCUT2D eigenvalue weighted by atomic mass is 16.5. The van der Waals surface area contributed by atoms with E-state index in [2.05, 4.69) is 16.0 Å². The monoisotopic (exact) mass is 445 g/mol. The summed E-state index contributed by atoms with van der Waals surface area (Å²) in [6.45, 7) is 3.39. The van der Waals surface area contributed by atoms with E-state index in [4.69, 9.17) is 9.47 Å². The van der Waals surface area contributed by atoms with Gasteiger partial charge in [-0.3, -0.25) is 14.7 Å². The number of hydrogen-bond donors (Lipinski definition) is 0. The highest BCUT2D eigenvalue weighted by Gasteiger charge is 2.21. The molecule has 1 aromatic heterocycles. The van der Waals surface area contributed by atoms with Gasteiger partial charge in [-0.2, -0.15) is 0 Å². The average molecular weight is 446 g/mol. The van der Waals surface area contributed by atoms with Gasteiger partial charge >= 0.3 is 0 Å². The second kappa shape index (κ2) is 11.0. The van der Waals surface area contributed by atoms with Gasteiger partial charge in [0.2, 0.25) is 0 Å². The molecule has 0 radical (unpaired) electrons. The lowest BCUT2D eigenvalue weighted by molar-refractivity contribution is 0.0784. The van der Waals surface area contributed by atoms with E-state index in [-0.39, 0.29) is 12.0 Å². The summed E-state index contributed by atoms with van der Waals surface area (Å²) in [5.74, 6) is 1.58. The maximum Gasteiger partial charge on any atom is 0.253 e. The van der Waals surface area contributed by atoms with Crippen LogP contribution in [-0.4, -0.2) is 54.0 Å². The smallest absolute Gasteiger partial charge is 0.253 e. The second-order valence-corrected chi connectivity index (χ2v) is 8.45. The quantitative estimate of drug-likeness (QED) is 0.514. The molecule has 1 fully saturated rings. The number of ether oxygens (including phenoxy) is 2. The summed E-state index contributed by atoms with van der Waals surface area (Å²) in [7, 11) is 3.45. The first kappa shape index (κ1) is 22.8. The van der Waals surface area contributed by atoms with E-state index in [1.165, 1.54) is 0 Å². The van der Waals surface area contributed by atoms with E-state index in [1.807, 2.05) is 73.9 Å². The van der Waals surface area contributed by atoms with Crippen LogP contribution in [0.3, 0.4) is 0 Å². The summed E-state index contributed by atoms with van der Waals surface area (Å²) in [6.07, 6.45) is 4.01. The molecule has 6 heteroatoms. The minimum Gasteiger partial charge on any atom is -0.497 e. The normalized spacial score (nSPS) is 14.6. The van der Waals surface area contributed by atoms with Crippen LogP contribution in [0.2, 0.25) is 0 Å². The van der Waals surface area contributed by atoms with E-state index < -0.39 is 0 Å². The molecular formula is C27H31N3O3. The van der Waals surface area contributed by atoms with Gasteiger partial charge in [0.05, 0.1) is 12.8 Å². The fourth-order valence-corrected chi connectivity index (χ4v) is 4.11. The number of hydrogen-bond acceptors (Lipinski definition) is 5. The third kappa shape index (κ3) is 6.33. The molecule has 0 bridgehead atoms. The lowest BCUT2D eigenvalue weighted by Crippen LogP contribution is -2.37. The molecule has 0 saturated carbocycles. The maximum absolute atomic E-state index is 12.8. The molecule has 0 atom stereocenters. The first-order chi connectivity index (χ1) is 16.1. The number of piperidine rings is 1. The molecule has 1 aliphatic heterocycles. The highest BCUT2D eigenvalue weighted by molar-refractivity contribution is 5.94. The summed E-state index contributed by atoms with van der Waals surface area (Å²) in [6, 6.07) is 21.3. The van der Waals surface area contributed by atoms with E-state index >= 15 is 0 Å². The molecule has 3 aromatic rings. The molecule has 0 unspecified atom stereocenters. The number of pyridine rings is 1. The van der Waals surface area contributed by atoms with Crippen LogP contribution in [0, 0.1) is 0 Å². The Hall–Kier alpha value is -3.38. The van der Waals surface area contributed by atoms with Gasteiger partial charge in [0, 0.05) is 45.0 Å². The van der Waals surface area contributed by atoms with Crippen molar-refractivity contribution in [2.24, 2.45) is 0 Å². The molecule has 1 amide bonds. The molecular weight excluding hydrogens is 414 g/mol. The van der Waals surface area contributed by atoms with Gasteiger partial charge in [0.1, 0.15) is 17.6 Å². The summed E-state index contributed by atoms with van der Waals surface area (Å²) < 4.78 is 11.5. The van der Waals surface area contributed by atoms with Gasteiger partial charge in [-0.25, -0.2) is 0 Å². The molecule has 33 heavy (non-hydrogen) atoms. The lowest BCUT2D eigenvalue weighted by Gasteiger charge is -2.31. The number of likely N-dealkylation sites (tertiary alicyclic amines) is 1. The van der Waals surface area contributed by atoms with Crippen molar-refractivity contribution in [1.82, 2.24) is 14.8 Å². The fourth-order valence-electron chi connectivity index (χ4n) is 4.11. The molecule has 0 spiro atoms. The average Bonchev–Trinajstić information content (AvgIpc) is 2.86. The number of carbonyl (C=O) groups is 1. The minimum absolute atomic E-state index is 0.0211. The number of benzene rings is 2. The van der Waals surface area contributed by atoms with Crippen molar-refractivity contribution in [3.63, 3.8) is 0 Å². The molecule has 0 N–H and O–H groups in total. The largest absolute Gasteiger partial charge is 0.497 e. The van der Waals surface area contributed by atoms with E-state index in [0.29, 0.717) is 12.1 Å². The van der Waals surface area contributed by atoms with Crippen LogP contribution in [0.25, 0.3) is 0 Å². The van der Waals surface area contributed by atoms with Crippen molar-refractivity contribution in [2.75, 3.05) is 27.2 Å². The Morgan fingerprint density at radius 3 is 2.52 bits per heavy atom. The van der Waals surface area contributed by atoms with Crippen molar-refractivity contribution in [2.45, 2.75) is 32.0 Å². The van der Waals surface area contributed by atoms with E-state index in [0.717, 1.165) is 55.2 Å². The van der Waals surface area contributed by atoms with Crippen molar-refractivity contribution in [1.29, 1.82) is 0 Å². The molecule has 1 saturated heterocycles. The zero-order valence-electron chi connectivity index (χ0n) is 19.3. The molecule has 0 aliphatic carbocycles. The number of methoxy groups -OCH3 is 1. The number of amides is 1. The van der Waals surface area contributed by atoms with Crippen LogP contribution in [0.15, 0.2) is 72.9 Å². The molecule has 2 aromatic carbocycles. The topological polar surface area (TPSA) is 54.9 Å². The van der Waals surface area contributed by atoms with Crippen molar-refractivity contribution in [3.05, 3.63) is 89.7 Å². The van der Waals surface area contributed by atoms with Crippen molar-refractivity contribution >= 4 is 5.91 Å². The molecule has 1 aliphatic rings. The highest BCUT2D eigenvalue weighted by Crippen LogP contribution is 2.21. The fraction of sp³-hybridized carbons (Fsp3) is 0.333. The van der Waals surface area contributed by atoms with Crippen LogP contribution in [-0.2, 0) is 13.1 Å².